The minimum absolute atomic E-state index is 0.302. The molecule has 0 bridgehead atoms. The Morgan fingerprint density at radius 1 is 1.27 bits per heavy atom. The third-order valence-corrected chi connectivity index (χ3v) is 6.31. The first-order chi connectivity index (χ1) is 9.98. The van der Waals surface area contributed by atoms with E-state index in [2.05, 4.69) is 10.4 Å². The highest BCUT2D eigenvalue weighted by Crippen LogP contribution is 2.39. The summed E-state index contributed by atoms with van der Waals surface area (Å²) >= 11 is 0. The van der Waals surface area contributed by atoms with Gasteiger partial charge in [0.25, 0.3) is 0 Å². The molecule has 0 aromatic carbocycles. The van der Waals surface area contributed by atoms with Crippen LogP contribution in [0, 0.1) is 5.92 Å². The normalized spacial score (nSPS) is 20.8. The molecule has 0 radical (unpaired) electrons. The molecule has 0 unspecified atom stereocenters. The maximum Gasteiger partial charge on any atom is 0.435 e. The van der Waals surface area contributed by atoms with Crippen LogP contribution in [0.25, 0.3) is 0 Å². The quantitative estimate of drug-likeness (QED) is 0.852. The predicted molar refractivity (Wildman–Crippen MR) is 70.5 cm³/mol. The highest BCUT2D eigenvalue weighted by Gasteiger charge is 2.50. The first-order valence-corrected chi connectivity index (χ1v) is 8.21. The lowest BCUT2D eigenvalue weighted by atomic mass is 9.93. The summed E-state index contributed by atoms with van der Waals surface area (Å²) in [7, 11) is -3.55. The molecule has 1 atom stereocenters. The Morgan fingerprint density at radius 3 is 2.27 bits per heavy atom. The van der Waals surface area contributed by atoms with Crippen molar-refractivity contribution in [3.8, 4) is 0 Å². The van der Waals surface area contributed by atoms with Crippen LogP contribution in [0.2, 0.25) is 0 Å². The maximum absolute atomic E-state index is 15.0. The Hall–Kier alpha value is -1.16. The summed E-state index contributed by atoms with van der Waals surface area (Å²) in [6.45, 7) is 1.86. The van der Waals surface area contributed by atoms with Crippen LogP contribution >= 0.6 is 0 Å². The Labute approximate surface area is 125 Å². The molecule has 0 saturated carbocycles. The van der Waals surface area contributed by atoms with E-state index in [-0.39, 0.29) is 0 Å². The molecule has 0 aliphatic carbocycles. The van der Waals surface area contributed by atoms with Gasteiger partial charge in [-0.15, -0.1) is 0 Å². The molecule has 0 amide bonds. The van der Waals surface area contributed by atoms with E-state index in [1.807, 2.05) is 0 Å². The van der Waals surface area contributed by atoms with Crippen molar-refractivity contribution in [2.24, 2.45) is 13.0 Å². The van der Waals surface area contributed by atoms with E-state index < -0.39 is 37.7 Å². The molecular weight excluding hydrogens is 326 g/mol. The van der Waals surface area contributed by atoms with Gasteiger partial charge in [-0.25, -0.2) is 12.8 Å². The van der Waals surface area contributed by atoms with Gasteiger partial charge in [0.15, 0.2) is 10.7 Å². The molecule has 1 aliphatic rings. The molecule has 2 rings (SSSR count). The second-order valence-corrected chi connectivity index (χ2v) is 7.73. The highest BCUT2D eigenvalue weighted by atomic mass is 32.2. The van der Waals surface area contributed by atoms with Crippen molar-refractivity contribution in [2.45, 2.75) is 36.0 Å². The SMILES string of the molecule is Cn1nc(C(F)(F)F)cc1S(=O)(=O)[C@@](C)(F)C1CCNCC1. The number of aryl methyl sites for hydroxylation is 1. The lowest BCUT2D eigenvalue weighted by molar-refractivity contribution is -0.141. The molecule has 126 valence electrons. The van der Waals surface area contributed by atoms with E-state index in [0.717, 1.165) is 14.0 Å². The number of nitrogens with one attached hydrogen (secondary N) is 1. The zero-order valence-electron chi connectivity index (χ0n) is 12.1. The van der Waals surface area contributed by atoms with Gasteiger partial charge in [0.1, 0.15) is 0 Å². The molecule has 1 aromatic heterocycles. The van der Waals surface area contributed by atoms with Gasteiger partial charge in [0.2, 0.25) is 14.8 Å². The zero-order valence-corrected chi connectivity index (χ0v) is 12.9. The van der Waals surface area contributed by atoms with Crippen LogP contribution in [0.15, 0.2) is 11.1 Å². The van der Waals surface area contributed by atoms with Crippen molar-refractivity contribution in [2.75, 3.05) is 13.1 Å². The fourth-order valence-electron chi connectivity index (χ4n) is 2.60. The molecule has 0 spiro atoms. The third kappa shape index (κ3) is 2.85. The average Bonchev–Trinajstić information content (AvgIpc) is 2.82. The number of aromatic nitrogens is 2. The third-order valence-electron chi connectivity index (χ3n) is 4.00. The number of piperidine rings is 1. The van der Waals surface area contributed by atoms with Gasteiger partial charge in [-0.05, 0) is 32.9 Å². The van der Waals surface area contributed by atoms with E-state index in [0.29, 0.717) is 36.7 Å². The molecule has 10 heteroatoms. The number of nitrogens with zero attached hydrogens (tertiary/aromatic N) is 2. The number of hydrogen-bond donors (Lipinski definition) is 1. The van der Waals surface area contributed by atoms with E-state index in [9.17, 15) is 26.0 Å². The summed E-state index contributed by atoms with van der Waals surface area (Å²) < 4.78 is 78.5. The summed E-state index contributed by atoms with van der Waals surface area (Å²) in [5.41, 5.74) is -1.35. The molecule has 1 saturated heterocycles. The zero-order chi connectivity index (χ0) is 16.8. The van der Waals surface area contributed by atoms with Crippen LogP contribution in [-0.4, -0.2) is 36.3 Å². The summed E-state index contributed by atoms with van der Waals surface area (Å²) in [5, 5.41) is 2.72. The number of sulfone groups is 1. The largest absolute Gasteiger partial charge is 0.435 e. The molecule has 1 aromatic rings. The second-order valence-electron chi connectivity index (χ2n) is 5.50. The molecule has 5 nitrogen and oxygen atoms in total. The van der Waals surface area contributed by atoms with E-state index in [1.54, 1.807) is 0 Å². The number of rotatable bonds is 3. The van der Waals surface area contributed by atoms with Crippen LogP contribution in [0.3, 0.4) is 0 Å². The van der Waals surface area contributed by atoms with Crippen molar-refractivity contribution < 1.29 is 26.0 Å². The Morgan fingerprint density at radius 2 is 1.82 bits per heavy atom. The van der Waals surface area contributed by atoms with Crippen molar-refractivity contribution in [1.82, 2.24) is 15.1 Å². The lowest BCUT2D eigenvalue weighted by Gasteiger charge is -2.33. The summed E-state index contributed by atoms with van der Waals surface area (Å²) in [6, 6.07) is 0.383. The van der Waals surface area contributed by atoms with Gasteiger partial charge in [0, 0.05) is 19.0 Å². The Kier molecular flexibility index (Phi) is 4.29. The predicted octanol–water partition coefficient (Wildman–Crippen LogP) is 1.90. The van der Waals surface area contributed by atoms with Crippen molar-refractivity contribution in [1.29, 1.82) is 0 Å². The van der Waals surface area contributed by atoms with Crippen LogP contribution in [-0.2, 0) is 23.1 Å². The second kappa shape index (κ2) is 5.48. The standard InChI is InChI=1S/C12H17F4N3O2S/c1-11(13,8-3-5-17-6-4-8)22(20,21)10-7-9(12(14,15)16)18-19(10)2/h7-8,17H,3-6H2,1-2H3/t11-/m1/s1. The van der Waals surface area contributed by atoms with Gasteiger partial charge in [-0.1, -0.05) is 0 Å². The smallest absolute Gasteiger partial charge is 0.317 e. The van der Waals surface area contributed by atoms with Crippen LogP contribution < -0.4 is 5.32 Å². The first-order valence-electron chi connectivity index (χ1n) is 6.73. The van der Waals surface area contributed by atoms with Crippen LogP contribution in [0.1, 0.15) is 25.5 Å². The van der Waals surface area contributed by atoms with Gasteiger partial charge < -0.3 is 5.32 Å². The van der Waals surface area contributed by atoms with E-state index >= 15 is 0 Å². The number of halogens is 4. The Balaban J connectivity index is 2.43. The minimum Gasteiger partial charge on any atom is -0.317 e. The summed E-state index contributed by atoms with van der Waals surface area (Å²) in [4.78, 5) is 0. The lowest BCUT2D eigenvalue weighted by Crippen LogP contribution is -2.44. The van der Waals surface area contributed by atoms with Crippen LogP contribution in [0.4, 0.5) is 17.6 Å². The maximum atomic E-state index is 15.0. The van der Waals surface area contributed by atoms with Crippen molar-refractivity contribution >= 4 is 9.84 Å². The van der Waals surface area contributed by atoms with Crippen LogP contribution in [0.5, 0.6) is 0 Å². The molecule has 1 aliphatic heterocycles. The van der Waals surface area contributed by atoms with E-state index in [4.69, 9.17) is 0 Å². The minimum atomic E-state index is -4.78. The summed E-state index contributed by atoms with van der Waals surface area (Å²) in [5.74, 6) is -0.775. The van der Waals surface area contributed by atoms with Crippen molar-refractivity contribution in [3.05, 3.63) is 11.8 Å². The van der Waals surface area contributed by atoms with Gasteiger partial charge in [0.05, 0.1) is 0 Å². The van der Waals surface area contributed by atoms with E-state index in [1.165, 1.54) is 0 Å². The molecule has 1 fully saturated rings. The van der Waals surface area contributed by atoms with Crippen molar-refractivity contribution in [3.63, 3.8) is 0 Å². The molecule has 2 heterocycles. The van der Waals surface area contributed by atoms with Gasteiger partial charge >= 0.3 is 6.18 Å². The molecule has 22 heavy (non-hydrogen) atoms. The molecule has 1 N–H and O–H groups in total. The Bertz CT molecular complexity index is 646. The topological polar surface area (TPSA) is 64.0 Å². The first kappa shape index (κ1) is 17.2. The number of hydrogen-bond acceptors (Lipinski definition) is 4. The van der Waals surface area contributed by atoms with Gasteiger partial charge in [-0.2, -0.15) is 18.3 Å². The average molecular weight is 343 g/mol. The number of alkyl halides is 4. The monoisotopic (exact) mass is 343 g/mol. The highest BCUT2D eigenvalue weighted by molar-refractivity contribution is 7.92. The summed E-state index contributed by atoms with van der Waals surface area (Å²) in [6.07, 6.45) is -4.18. The fourth-order valence-corrected chi connectivity index (χ4v) is 4.34. The fraction of sp³-hybridized carbons (Fsp3) is 0.750. The van der Waals surface area contributed by atoms with Gasteiger partial charge in [-0.3, -0.25) is 4.68 Å². The molecular formula is C12H17F4N3O2S.